The largest absolute Gasteiger partial charge is 0.496 e. The normalized spacial score (nSPS) is 11.6. The number of allylic oxidation sites excluding steroid dienone is 1. The molecular weight excluding hydrogens is 462 g/mol. The molecule has 2 amide bonds. The maximum atomic E-state index is 12.7. The summed E-state index contributed by atoms with van der Waals surface area (Å²) in [5.41, 5.74) is 13.3. The van der Waals surface area contributed by atoms with E-state index < -0.39 is 5.91 Å². The zero-order chi connectivity index (χ0) is 25.3. The lowest BCUT2D eigenvalue weighted by molar-refractivity contribution is -0.117. The Hall–Kier alpha value is -3.91. The van der Waals surface area contributed by atoms with Crippen LogP contribution in [0.5, 0.6) is 5.75 Å². The Balaban J connectivity index is 1.71. The van der Waals surface area contributed by atoms with Gasteiger partial charge in [0.15, 0.2) is 5.13 Å². The Labute approximate surface area is 207 Å². The van der Waals surface area contributed by atoms with Crippen molar-refractivity contribution in [3.63, 3.8) is 0 Å². The van der Waals surface area contributed by atoms with Crippen molar-refractivity contribution in [2.75, 3.05) is 12.4 Å². The van der Waals surface area contributed by atoms with Gasteiger partial charge < -0.3 is 14.9 Å². The van der Waals surface area contributed by atoms with E-state index in [1.165, 1.54) is 23.0 Å². The average molecular weight is 490 g/mol. The molecule has 0 aliphatic carbocycles. The van der Waals surface area contributed by atoms with Crippen LogP contribution in [0.3, 0.4) is 0 Å². The fourth-order valence-corrected chi connectivity index (χ4v) is 4.95. The molecule has 2 heterocycles. The van der Waals surface area contributed by atoms with Crippen LogP contribution in [0.25, 0.3) is 27.7 Å². The number of nitrogens with two attached hydrogens (primary N) is 1. The molecule has 2 aromatic carbocycles. The first-order valence-electron chi connectivity index (χ1n) is 11.1. The number of anilines is 1. The van der Waals surface area contributed by atoms with Crippen LogP contribution in [0.2, 0.25) is 0 Å². The first-order chi connectivity index (χ1) is 16.7. The number of hydrogen-bond acceptors (Lipinski definition) is 6. The first kappa shape index (κ1) is 24.2. The highest BCUT2D eigenvalue weighted by Crippen LogP contribution is 2.41. The lowest BCUT2D eigenvalue weighted by Gasteiger charge is -2.13. The van der Waals surface area contributed by atoms with E-state index in [2.05, 4.69) is 42.3 Å². The molecule has 3 N–H and O–H groups in total. The number of aryl methyl sites for hydroxylation is 3. The molecule has 0 spiro atoms. The monoisotopic (exact) mass is 489 g/mol. The van der Waals surface area contributed by atoms with E-state index in [9.17, 15) is 9.59 Å². The molecule has 0 aliphatic rings. The number of thiazole rings is 1. The molecular formula is C27H27N3O4S. The van der Waals surface area contributed by atoms with Crippen molar-refractivity contribution in [1.29, 1.82) is 0 Å². The molecule has 0 saturated carbocycles. The standard InChI is InChI=1S/C27H27N3O4S/c1-14-6-7-19(15(2)8-14)22-12-34-26-17(4)25(33-5)20(11-21(22)26)16(3)9-24(32)30-27-29-18(13-35-27)10-23(28)31/h6-9,11-13H,10H2,1-5H3,(H2,28,31)(H,29,30,32)/b16-9+. The molecule has 0 radical (unpaired) electrons. The predicted octanol–water partition coefficient (Wildman–Crippen LogP) is 5.56. The Kier molecular flexibility index (Phi) is 6.75. The van der Waals surface area contributed by atoms with Gasteiger partial charge in [0.25, 0.3) is 0 Å². The molecule has 0 atom stereocenters. The van der Waals surface area contributed by atoms with Crippen molar-refractivity contribution in [3.8, 4) is 16.9 Å². The maximum absolute atomic E-state index is 12.7. The molecule has 8 heteroatoms. The van der Waals surface area contributed by atoms with Crippen molar-refractivity contribution in [2.45, 2.75) is 34.1 Å². The van der Waals surface area contributed by atoms with Crippen LogP contribution in [-0.2, 0) is 16.0 Å². The number of ether oxygens (including phenoxy) is 1. The van der Waals surface area contributed by atoms with Gasteiger partial charge in [0.05, 0.1) is 25.5 Å². The van der Waals surface area contributed by atoms with Crippen LogP contribution >= 0.6 is 11.3 Å². The Morgan fingerprint density at radius 1 is 1.20 bits per heavy atom. The lowest BCUT2D eigenvalue weighted by Crippen LogP contribution is -2.14. The first-order valence-corrected chi connectivity index (χ1v) is 11.9. The summed E-state index contributed by atoms with van der Waals surface area (Å²) < 4.78 is 11.7. The highest BCUT2D eigenvalue weighted by Gasteiger charge is 2.19. The molecule has 2 aromatic heterocycles. The summed E-state index contributed by atoms with van der Waals surface area (Å²) in [4.78, 5) is 28.0. The molecule has 7 nitrogen and oxygen atoms in total. The molecule has 0 fully saturated rings. The minimum absolute atomic E-state index is 0.0330. The van der Waals surface area contributed by atoms with Crippen LogP contribution in [0, 0.1) is 20.8 Å². The summed E-state index contributed by atoms with van der Waals surface area (Å²) >= 11 is 1.24. The average Bonchev–Trinajstić information content (AvgIpc) is 3.40. The van der Waals surface area contributed by atoms with Crippen molar-refractivity contribution in [1.82, 2.24) is 4.98 Å². The highest BCUT2D eigenvalue weighted by molar-refractivity contribution is 7.14. The summed E-state index contributed by atoms with van der Waals surface area (Å²) in [6.45, 7) is 7.96. The quantitative estimate of drug-likeness (QED) is 0.331. The number of benzene rings is 2. The van der Waals surface area contributed by atoms with Gasteiger partial charge in [0, 0.05) is 33.5 Å². The number of carbonyl (C=O) groups excluding carboxylic acids is 2. The summed E-state index contributed by atoms with van der Waals surface area (Å²) in [6.07, 6.45) is 3.32. The molecule has 4 aromatic rings. The van der Waals surface area contributed by atoms with Gasteiger partial charge in [-0.05, 0) is 50.5 Å². The number of aromatic nitrogens is 1. The van der Waals surface area contributed by atoms with Gasteiger partial charge in [0.2, 0.25) is 11.8 Å². The van der Waals surface area contributed by atoms with Crippen LogP contribution in [0.15, 0.2) is 46.4 Å². The summed E-state index contributed by atoms with van der Waals surface area (Å²) in [5, 5.41) is 5.81. The van der Waals surface area contributed by atoms with Gasteiger partial charge in [-0.3, -0.25) is 14.9 Å². The second-order valence-electron chi connectivity index (χ2n) is 8.53. The van der Waals surface area contributed by atoms with Gasteiger partial charge in [-0.25, -0.2) is 4.98 Å². The topological polar surface area (TPSA) is 107 Å². The van der Waals surface area contributed by atoms with Crippen molar-refractivity contribution in [3.05, 3.63) is 69.9 Å². The molecule has 0 unspecified atom stereocenters. The van der Waals surface area contributed by atoms with Crippen LogP contribution < -0.4 is 15.8 Å². The summed E-state index contributed by atoms with van der Waals surface area (Å²) in [6, 6.07) is 8.34. The number of furan rings is 1. The fourth-order valence-electron chi connectivity index (χ4n) is 4.24. The maximum Gasteiger partial charge on any atom is 0.250 e. The number of methoxy groups -OCH3 is 1. The smallest absolute Gasteiger partial charge is 0.250 e. The summed E-state index contributed by atoms with van der Waals surface area (Å²) in [5.74, 6) is -0.149. The molecule has 4 rings (SSSR count). The van der Waals surface area contributed by atoms with Crippen molar-refractivity contribution >= 4 is 44.8 Å². The molecule has 0 saturated heterocycles. The number of nitrogens with zero attached hydrogens (tertiary/aromatic N) is 1. The number of primary amides is 1. The SMILES string of the molecule is COc1c(/C(C)=C/C(=O)Nc2nc(CC(N)=O)cs2)cc2c(-c3ccc(C)cc3C)coc2c1C. The second kappa shape index (κ2) is 9.76. The fraction of sp³-hybridized carbons (Fsp3) is 0.222. The third-order valence-corrected chi connectivity index (χ3v) is 6.64. The summed E-state index contributed by atoms with van der Waals surface area (Å²) in [7, 11) is 1.61. The van der Waals surface area contributed by atoms with Gasteiger partial charge in [-0.15, -0.1) is 11.3 Å². The molecule has 0 aliphatic heterocycles. The highest BCUT2D eigenvalue weighted by atomic mass is 32.1. The number of hydrogen-bond donors (Lipinski definition) is 2. The van der Waals surface area contributed by atoms with Gasteiger partial charge in [-0.2, -0.15) is 0 Å². The van der Waals surface area contributed by atoms with E-state index in [1.54, 1.807) is 18.8 Å². The predicted molar refractivity (Wildman–Crippen MR) is 140 cm³/mol. The van der Waals surface area contributed by atoms with Gasteiger partial charge >= 0.3 is 0 Å². The Bertz CT molecular complexity index is 1480. The molecule has 180 valence electrons. The van der Waals surface area contributed by atoms with Crippen LogP contribution in [-0.4, -0.2) is 23.9 Å². The third kappa shape index (κ3) is 4.97. The Morgan fingerprint density at radius 3 is 2.66 bits per heavy atom. The number of nitrogens with one attached hydrogen (secondary N) is 1. The van der Waals surface area contributed by atoms with Gasteiger partial charge in [0.1, 0.15) is 11.3 Å². The second-order valence-corrected chi connectivity index (χ2v) is 9.39. The van der Waals surface area contributed by atoms with E-state index in [-0.39, 0.29) is 12.3 Å². The third-order valence-electron chi connectivity index (χ3n) is 5.83. The van der Waals surface area contributed by atoms with E-state index in [4.69, 9.17) is 14.9 Å². The minimum Gasteiger partial charge on any atom is -0.496 e. The number of amides is 2. The van der Waals surface area contributed by atoms with Crippen molar-refractivity contribution < 1.29 is 18.7 Å². The van der Waals surface area contributed by atoms with E-state index in [0.717, 1.165) is 44.4 Å². The zero-order valence-corrected chi connectivity index (χ0v) is 21.1. The van der Waals surface area contributed by atoms with Crippen molar-refractivity contribution in [2.24, 2.45) is 5.73 Å². The number of fused-ring (bicyclic) bond motifs is 1. The zero-order valence-electron chi connectivity index (χ0n) is 20.3. The number of carbonyl (C=O) groups is 2. The number of rotatable bonds is 7. The van der Waals surface area contributed by atoms with E-state index in [1.807, 2.05) is 19.9 Å². The van der Waals surface area contributed by atoms with Crippen LogP contribution in [0.1, 0.15) is 34.9 Å². The minimum atomic E-state index is -0.471. The Morgan fingerprint density at radius 2 is 1.97 bits per heavy atom. The lowest BCUT2D eigenvalue weighted by atomic mass is 9.94. The van der Waals surface area contributed by atoms with E-state index >= 15 is 0 Å². The van der Waals surface area contributed by atoms with E-state index in [0.29, 0.717) is 16.6 Å². The van der Waals surface area contributed by atoms with Crippen LogP contribution in [0.4, 0.5) is 5.13 Å². The van der Waals surface area contributed by atoms with Gasteiger partial charge in [-0.1, -0.05) is 23.8 Å². The molecule has 0 bridgehead atoms. The molecule has 35 heavy (non-hydrogen) atoms.